The Kier molecular flexibility index (Phi) is 46.8. The molecule has 9 unspecified atom stereocenters. The third-order valence-corrected chi connectivity index (χ3v) is 19.0. The van der Waals surface area contributed by atoms with E-state index in [1.54, 1.807) is 18.7 Å². The highest BCUT2D eigenvalue weighted by Gasteiger charge is 2.59. The largest absolute Gasteiger partial charge is 0.392 e. The molecular formula is C61H123N5O7S3. The average molecular weight is 1130 g/mol. The Balaban J connectivity index is 2.74. The van der Waals surface area contributed by atoms with Crippen molar-refractivity contribution in [1.29, 1.82) is 0 Å². The molecule has 0 heterocycles. The molecule has 4 N–H and O–H groups in total. The quantitative estimate of drug-likeness (QED) is 0.0340. The van der Waals surface area contributed by atoms with Crippen molar-refractivity contribution in [2.45, 2.75) is 277 Å². The molecule has 0 aliphatic heterocycles. The fraction of sp³-hybridized carbons (Fsp3) is 0.967. The van der Waals surface area contributed by atoms with Crippen LogP contribution in [0.15, 0.2) is 0 Å². The van der Waals surface area contributed by atoms with E-state index in [9.17, 15) is 19.8 Å². The third-order valence-electron chi connectivity index (χ3n) is 16.0. The van der Waals surface area contributed by atoms with Crippen molar-refractivity contribution in [2.75, 3.05) is 89.7 Å². The van der Waals surface area contributed by atoms with Crippen LogP contribution in [0.1, 0.15) is 235 Å². The Morgan fingerprint density at radius 2 is 1.16 bits per heavy atom. The first kappa shape index (κ1) is 73.7. The molecule has 452 valence electrons. The van der Waals surface area contributed by atoms with E-state index in [1.165, 1.54) is 95.2 Å². The standard InChI is InChI=1S/C61H123N5O7S3/c1-12-16-21-37-59(69)62-39-25-24-38-61(46-58(61)63-54(8)67)60(70)66(11)43-29-23-36-57(76-50-73-53(7)15-4)56(68)35-32-34-55(47-65(10)42-28-20-31-45-75-49-72-52(6)14-3)33-22-17-18-26-40-64(9)41-27-19-30-44-74-48-71-51(5)13-2/h51-53,55-58,60,68,70H,12-50H2,1-11H3,(H,62,69)(H,63,67). The van der Waals surface area contributed by atoms with Crippen LogP contribution in [0.5, 0.6) is 0 Å². The molecule has 76 heavy (non-hydrogen) atoms. The number of nitrogens with zero attached hydrogens (tertiary/aromatic N) is 3. The SMILES string of the molecule is CCCCCC(=O)NCCCCC1(C(O)N(C)CCCCC(SCOC(C)CC)C(O)CCCC(CCCCCCN(C)CCCCCSCOC(C)CC)CN(C)CCCCCSCOC(C)CC)CC1NC(C)=O. The van der Waals surface area contributed by atoms with Gasteiger partial charge in [-0.1, -0.05) is 91.9 Å². The van der Waals surface area contributed by atoms with Gasteiger partial charge in [-0.25, -0.2) is 0 Å². The second-order valence-electron chi connectivity index (χ2n) is 23.1. The van der Waals surface area contributed by atoms with E-state index in [2.05, 4.69) is 87.9 Å². The van der Waals surface area contributed by atoms with Gasteiger partial charge in [0, 0.05) is 49.7 Å². The van der Waals surface area contributed by atoms with Gasteiger partial charge in [0.1, 0.15) is 6.23 Å². The predicted molar refractivity (Wildman–Crippen MR) is 331 cm³/mol. The Morgan fingerprint density at radius 3 is 1.75 bits per heavy atom. The van der Waals surface area contributed by atoms with Crippen LogP contribution in [0, 0.1) is 11.3 Å². The lowest BCUT2D eigenvalue weighted by Gasteiger charge is -2.32. The van der Waals surface area contributed by atoms with Gasteiger partial charge in [0.15, 0.2) is 0 Å². The zero-order valence-electron chi connectivity index (χ0n) is 51.2. The van der Waals surface area contributed by atoms with E-state index in [0.717, 1.165) is 134 Å². The number of aliphatic hydroxyl groups excluding tert-OH is 2. The summed E-state index contributed by atoms with van der Waals surface area (Å²) >= 11 is 5.63. The Bertz CT molecular complexity index is 1370. The number of aliphatic hydroxyl groups is 2. The van der Waals surface area contributed by atoms with Crippen molar-refractivity contribution in [3.05, 3.63) is 0 Å². The van der Waals surface area contributed by atoms with Crippen molar-refractivity contribution < 1.29 is 34.0 Å². The number of carbonyl (C=O) groups excluding carboxylic acids is 2. The molecule has 1 fully saturated rings. The van der Waals surface area contributed by atoms with Crippen LogP contribution in [0.4, 0.5) is 0 Å². The molecule has 1 aliphatic carbocycles. The van der Waals surface area contributed by atoms with Crippen LogP contribution in [-0.4, -0.2) is 168 Å². The predicted octanol–water partition coefficient (Wildman–Crippen LogP) is 13.4. The lowest BCUT2D eigenvalue weighted by atomic mass is 9.93. The van der Waals surface area contributed by atoms with Crippen LogP contribution in [0.25, 0.3) is 0 Å². The number of hydrogen-bond acceptors (Lipinski definition) is 13. The Labute approximate surface area is 482 Å². The minimum atomic E-state index is -0.662. The highest BCUT2D eigenvalue weighted by Crippen LogP contribution is 2.53. The summed E-state index contributed by atoms with van der Waals surface area (Å²) in [6, 6.07) is -0.0374. The molecule has 2 amide bonds. The Morgan fingerprint density at radius 1 is 0.618 bits per heavy atom. The van der Waals surface area contributed by atoms with E-state index >= 15 is 0 Å². The van der Waals surface area contributed by atoms with E-state index in [0.29, 0.717) is 37.0 Å². The van der Waals surface area contributed by atoms with Crippen LogP contribution < -0.4 is 10.6 Å². The normalized spacial score (nSPS) is 18.5. The number of thioether (sulfide) groups is 3. The fourth-order valence-corrected chi connectivity index (χ4v) is 12.9. The number of hydrogen-bond donors (Lipinski definition) is 4. The van der Waals surface area contributed by atoms with Gasteiger partial charge in [-0.05, 0) is 188 Å². The summed E-state index contributed by atoms with van der Waals surface area (Å²) in [5.41, 5.74) is -0.374. The van der Waals surface area contributed by atoms with Crippen molar-refractivity contribution >= 4 is 47.1 Å². The summed E-state index contributed by atoms with van der Waals surface area (Å²) in [6.07, 6.45) is 29.8. The molecule has 9 atom stereocenters. The molecule has 0 saturated heterocycles. The minimum absolute atomic E-state index is 0.0374. The van der Waals surface area contributed by atoms with Gasteiger partial charge in [-0.2, -0.15) is 0 Å². The molecule has 1 saturated carbocycles. The first-order valence-corrected chi connectivity index (χ1v) is 34.6. The molecule has 12 nitrogen and oxygen atoms in total. The monoisotopic (exact) mass is 1130 g/mol. The highest BCUT2D eigenvalue weighted by molar-refractivity contribution is 7.99. The molecule has 1 rings (SSSR count). The number of amides is 2. The number of nitrogens with one attached hydrogen (secondary N) is 2. The van der Waals surface area contributed by atoms with Crippen LogP contribution in [-0.2, 0) is 23.8 Å². The van der Waals surface area contributed by atoms with Crippen molar-refractivity contribution in [3.63, 3.8) is 0 Å². The van der Waals surface area contributed by atoms with Crippen molar-refractivity contribution in [1.82, 2.24) is 25.3 Å². The molecule has 1 aliphatic rings. The van der Waals surface area contributed by atoms with E-state index < -0.39 is 6.23 Å². The zero-order chi connectivity index (χ0) is 56.2. The van der Waals surface area contributed by atoms with E-state index in [4.69, 9.17) is 14.2 Å². The van der Waals surface area contributed by atoms with E-state index in [-0.39, 0.29) is 40.7 Å². The maximum atomic E-state index is 12.2. The third kappa shape index (κ3) is 38.4. The molecule has 0 spiro atoms. The topological polar surface area (TPSA) is 136 Å². The molecule has 0 radical (unpaired) electrons. The van der Waals surface area contributed by atoms with Crippen LogP contribution in [0.2, 0.25) is 0 Å². The van der Waals surface area contributed by atoms with Gasteiger partial charge in [0.2, 0.25) is 11.8 Å². The molecule has 15 heteroatoms. The average Bonchev–Trinajstić information content (AvgIpc) is 4.10. The van der Waals surface area contributed by atoms with Gasteiger partial charge in [0.05, 0.1) is 42.2 Å². The Hall–Kier alpha value is -0.330. The van der Waals surface area contributed by atoms with Crippen molar-refractivity contribution in [2.24, 2.45) is 11.3 Å². The van der Waals surface area contributed by atoms with E-state index in [1.807, 2.05) is 30.6 Å². The number of unbranched alkanes of at least 4 members (excludes halogenated alkanes) is 11. The van der Waals surface area contributed by atoms with Crippen LogP contribution in [0.3, 0.4) is 0 Å². The summed E-state index contributed by atoms with van der Waals surface area (Å²) in [7, 11) is 6.62. The highest BCUT2D eigenvalue weighted by atomic mass is 32.2. The molecule has 0 aromatic rings. The zero-order valence-corrected chi connectivity index (χ0v) is 53.6. The molecular weight excluding hydrogens is 1010 g/mol. The maximum Gasteiger partial charge on any atom is 0.219 e. The second kappa shape index (κ2) is 48.2. The lowest BCUT2D eigenvalue weighted by molar-refractivity contribution is -0.121. The first-order chi connectivity index (χ1) is 36.6. The molecule has 0 aromatic heterocycles. The summed E-state index contributed by atoms with van der Waals surface area (Å²) in [5, 5.41) is 29.9. The van der Waals surface area contributed by atoms with Gasteiger partial charge < -0.3 is 44.9 Å². The first-order valence-electron chi connectivity index (χ1n) is 31.2. The lowest BCUT2D eigenvalue weighted by Crippen LogP contribution is -2.44. The second-order valence-corrected chi connectivity index (χ2v) is 26.4. The molecule has 0 aromatic carbocycles. The minimum Gasteiger partial charge on any atom is -0.392 e. The van der Waals surface area contributed by atoms with Gasteiger partial charge >= 0.3 is 0 Å². The molecule has 0 bridgehead atoms. The number of ether oxygens (including phenoxy) is 3. The number of rotatable bonds is 56. The van der Waals surface area contributed by atoms with Crippen LogP contribution >= 0.6 is 35.3 Å². The summed E-state index contributed by atoms with van der Waals surface area (Å²) in [6.45, 7) is 22.7. The smallest absolute Gasteiger partial charge is 0.219 e. The van der Waals surface area contributed by atoms with Gasteiger partial charge in [-0.15, -0.1) is 35.3 Å². The number of carbonyl (C=O) groups is 2. The van der Waals surface area contributed by atoms with Gasteiger partial charge in [-0.3, -0.25) is 14.5 Å². The summed E-state index contributed by atoms with van der Waals surface area (Å²) in [4.78, 5) is 31.5. The maximum absolute atomic E-state index is 12.2. The summed E-state index contributed by atoms with van der Waals surface area (Å²) in [5.74, 6) is 5.29. The van der Waals surface area contributed by atoms with Crippen molar-refractivity contribution in [3.8, 4) is 0 Å². The fourth-order valence-electron chi connectivity index (χ4n) is 10.0. The summed E-state index contributed by atoms with van der Waals surface area (Å²) < 4.78 is 17.8. The van der Waals surface area contributed by atoms with Gasteiger partial charge in [0.25, 0.3) is 0 Å².